The number of hydrogen-bond donors (Lipinski definition) is 1. The fraction of sp³-hybridized carbons (Fsp3) is 0.500. The van der Waals surface area contributed by atoms with E-state index in [1.54, 1.807) is 51.8 Å². The maximum Gasteiger partial charge on any atom is 0.408 e. The van der Waals surface area contributed by atoms with Crippen molar-refractivity contribution in [3.63, 3.8) is 0 Å². The largest absolute Gasteiger partial charge is 0.497 e. The first-order valence-corrected chi connectivity index (χ1v) is 13.0. The summed E-state index contributed by atoms with van der Waals surface area (Å²) in [5.74, 6) is 1.58. The van der Waals surface area contributed by atoms with Crippen LogP contribution in [0.4, 0.5) is 4.79 Å². The molecule has 0 fully saturated rings. The summed E-state index contributed by atoms with van der Waals surface area (Å²) in [6.07, 6.45) is 8.22. The number of allylic oxidation sites excluding steroid dienone is 3. The highest BCUT2D eigenvalue weighted by Crippen LogP contribution is 2.35. The summed E-state index contributed by atoms with van der Waals surface area (Å²) < 4.78 is 21.3. The van der Waals surface area contributed by atoms with Gasteiger partial charge in [0.2, 0.25) is 0 Å². The summed E-state index contributed by atoms with van der Waals surface area (Å²) in [7, 11) is 1.59. The van der Waals surface area contributed by atoms with Crippen molar-refractivity contribution < 1.29 is 28.5 Å². The molecule has 1 N–H and O–H groups in total. The number of alkyl carbamates (subject to hydrolysis) is 1. The Bertz CT molecular complexity index is 865. The van der Waals surface area contributed by atoms with E-state index in [1.807, 2.05) is 36.6 Å². The molecule has 0 heterocycles. The van der Waals surface area contributed by atoms with Crippen molar-refractivity contribution in [1.82, 2.24) is 5.32 Å². The third-order valence-electron chi connectivity index (χ3n) is 4.59. The van der Waals surface area contributed by atoms with Gasteiger partial charge in [-0.25, -0.2) is 9.59 Å². The van der Waals surface area contributed by atoms with E-state index in [2.05, 4.69) is 27.9 Å². The zero-order valence-electron chi connectivity index (χ0n) is 19.7. The van der Waals surface area contributed by atoms with Gasteiger partial charge in [0.05, 0.1) is 7.11 Å². The second kappa shape index (κ2) is 12.5. The van der Waals surface area contributed by atoms with E-state index < -0.39 is 23.7 Å². The zero-order valence-corrected chi connectivity index (χ0v) is 22.7. The molecule has 1 aromatic carbocycles. The highest BCUT2D eigenvalue weighted by atomic mass is 127. The number of methoxy groups -OCH3 is 1. The smallest absolute Gasteiger partial charge is 0.408 e. The predicted molar refractivity (Wildman–Crippen MR) is 139 cm³/mol. The lowest BCUT2D eigenvalue weighted by Gasteiger charge is -2.30. The Morgan fingerprint density at radius 1 is 1.24 bits per heavy atom. The van der Waals surface area contributed by atoms with Crippen LogP contribution in [0.5, 0.6) is 5.75 Å². The Balaban J connectivity index is 2.07. The Labute approximate surface area is 213 Å². The third-order valence-corrected chi connectivity index (χ3v) is 6.19. The number of carbonyl (C=O) groups is 2. The lowest BCUT2D eigenvalue weighted by Crippen LogP contribution is -2.47. The molecule has 7 nitrogen and oxygen atoms in total. The van der Waals surface area contributed by atoms with Crippen molar-refractivity contribution in [1.29, 1.82) is 0 Å². The molecular weight excluding hydrogens is 557 g/mol. The molecule has 0 saturated heterocycles. The topological polar surface area (TPSA) is 83.1 Å². The van der Waals surface area contributed by atoms with Gasteiger partial charge in [0, 0.05) is 3.42 Å². The summed E-state index contributed by atoms with van der Waals surface area (Å²) in [6.45, 7) is 5.41. The Morgan fingerprint density at radius 3 is 2.48 bits per heavy atom. The molecule has 0 saturated carbocycles. The van der Waals surface area contributed by atoms with E-state index in [-0.39, 0.29) is 10.0 Å². The molecule has 1 aromatic rings. The molecule has 0 radical (unpaired) electrons. The number of nitrogens with one attached hydrogen (secondary N) is 1. The van der Waals surface area contributed by atoms with Gasteiger partial charge in [0.25, 0.3) is 0 Å². The minimum Gasteiger partial charge on any atom is -0.497 e. The number of esters is 1. The standard InChI is InChI=1S/C24H32INO6S/c1-23(2,3)32-22(28)26-20(14-24(25)12-10-19(11-13-24)31-16-33-5)21(27)30-15-17-6-8-18(29-4)9-7-17/h6-12,20H,13-16H2,1-5H3,(H,26,28)/t20-,24+/m1/s1. The first-order valence-electron chi connectivity index (χ1n) is 10.5. The average Bonchev–Trinajstić information content (AvgIpc) is 2.75. The number of rotatable bonds is 10. The molecule has 1 aliphatic rings. The van der Waals surface area contributed by atoms with E-state index >= 15 is 0 Å². The molecule has 33 heavy (non-hydrogen) atoms. The molecular formula is C24H32INO6S. The van der Waals surface area contributed by atoms with E-state index in [0.717, 1.165) is 17.1 Å². The van der Waals surface area contributed by atoms with Gasteiger partial charge in [-0.05, 0) is 69.7 Å². The van der Waals surface area contributed by atoms with E-state index in [1.165, 1.54) is 0 Å². The van der Waals surface area contributed by atoms with Crippen molar-refractivity contribution in [2.45, 2.75) is 55.3 Å². The van der Waals surface area contributed by atoms with E-state index in [0.29, 0.717) is 18.8 Å². The van der Waals surface area contributed by atoms with Gasteiger partial charge in [-0.1, -0.05) is 40.8 Å². The maximum absolute atomic E-state index is 13.0. The van der Waals surface area contributed by atoms with Gasteiger partial charge in [0.1, 0.15) is 35.7 Å². The number of ether oxygens (including phenoxy) is 4. The Morgan fingerprint density at radius 2 is 1.94 bits per heavy atom. The summed E-state index contributed by atoms with van der Waals surface area (Å²) in [6, 6.07) is 6.38. The van der Waals surface area contributed by atoms with Crippen LogP contribution in [0.1, 0.15) is 39.2 Å². The SMILES string of the molecule is COc1ccc(COC(=O)[C@@H](C[C@]2(I)C=CC(OCSC)=CC2)NC(=O)OC(C)(C)C)cc1. The summed E-state index contributed by atoms with van der Waals surface area (Å²) >= 11 is 3.90. The van der Waals surface area contributed by atoms with Crippen LogP contribution in [0.2, 0.25) is 0 Å². The van der Waals surface area contributed by atoms with Crippen LogP contribution in [0.3, 0.4) is 0 Å². The van der Waals surface area contributed by atoms with Crippen molar-refractivity contribution in [3.05, 3.63) is 53.8 Å². The molecule has 1 aliphatic carbocycles. The minimum atomic E-state index is -0.873. The van der Waals surface area contributed by atoms with Crippen LogP contribution in [-0.4, -0.2) is 46.4 Å². The molecule has 9 heteroatoms. The third kappa shape index (κ3) is 9.87. The lowest BCUT2D eigenvalue weighted by atomic mass is 9.92. The molecule has 0 bridgehead atoms. The second-order valence-electron chi connectivity index (χ2n) is 8.59. The number of carbonyl (C=O) groups excluding carboxylic acids is 2. The quantitative estimate of drug-likeness (QED) is 0.170. The van der Waals surface area contributed by atoms with Crippen LogP contribution in [0.25, 0.3) is 0 Å². The number of benzene rings is 1. The number of amides is 1. The predicted octanol–water partition coefficient (Wildman–Crippen LogP) is 5.38. The van der Waals surface area contributed by atoms with Crippen molar-refractivity contribution in [3.8, 4) is 5.75 Å². The van der Waals surface area contributed by atoms with Gasteiger partial charge < -0.3 is 24.3 Å². The molecule has 2 atom stereocenters. The molecule has 2 rings (SSSR count). The average molecular weight is 589 g/mol. The van der Waals surface area contributed by atoms with Gasteiger partial charge in [-0.2, -0.15) is 0 Å². The first kappa shape index (κ1) is 27.4. The number of hydrogen-bond acceptors (Lipinski definition) is 7. The monoisotopic (exact) mass is 589 g/mol. The summed E-state index contributed by atoms with van der Waals surface area (Å²) in [4.78, 5) is 25.4. The van der Waals surface area contributed by atoms with Crippen LogP contribution in [-0.2, 0) is 25.6 Å². The lowest BCUT2D eigenvalue weighted by molar-refractivity contribution is -0.147. The number of halogens is 1. The highest BCUT2D eigenvalue weighted by Gasteiger charge is 2.35. The molecule has 0 aliphatic heterocycles. The Kier molecular flexibility index (Phi) is 10.4. The highest BCUT2D eigenvalue weighted by molar-refractivity contribution is 14.1. The van der Waals surface area contributed by atoms with Crippen LogP contribution in [0, 0.1) is 0 Å². The first-order chi connectivity index (χ1) is 15.5. The second-order valence-corrected chi connectivity index (χ2v) is 11.5. The van der Waals surface area contributed by atoms with Gasteiger partial charge in [-0.3, -0.25) is 0 Å². The van der Waals surface area contributed by atoms with Gasteiger partial charge in [0.15, 0.2) is 0 Å². The molecule has 1 amide bonds. The van der Waals surface area contributed by atoms with Gasteiger partial charge in [-0.15, -0.1) is 11.8 Å². The zero-order chi connectivity index (χ0) is 24.5. The molecule has 0 spiro atoms. The van der Waals surface area contributed by atoms with E-state index in [4.69, 9.17) is 18.9 Å². The number of alkyl halides is 1. The van der Waals surface area contributed by atoms with Crippen molar-refractivity contribution in [2.75, 3.05) is 19.3 Å². The van der Waals surface area contributed by atoms with Gasteiger partial charge >= 0.3 is 12.1 Å². The van der Waals surface area contributed by atoms with Crippen LogP contribution >= 0.6 is 34.4 Å². The Hall–Kier alpha value is -1.88. The van der Waals surface area contributed by atoms with Crippen molar-refractivity contribution >= 4 is 46.4 Å². The summed E-state index contributed by atoms with van der Waals surface area (Å²) in [5.41, 5.74) is 0.140. The molecule has 0 aromatic heterocycles. The fourth-order valence-electron chi connectivity index (χ4n) is 2.98. The fourth-order valence-corrected chi connectivity index (χ4v) is 4.08. The van der Waals surface area contributed by atoms with Crippen molar-refractivity contribution in [2.24, 2.45) is 0 Å². The molecule has 0 unspecified atom stereocenters. The normalized spacial score (nSPS) is 18.7. The van der Waals surface area contributed by atoms with Crippen LogP contribution in [0.15, 0.2) is 48.3 Å². The van der Waals surface area contributed by atoms with E-state index in [9.17, 15) is 9.59 Å². The molecule has 182 valence electrons. The summed E-state index contributed by atoms with van der Waals surface area (Å²) in [5, 5.41) is 2.70. The maximum atomic E-state index is 13.0. The number of thioether (sulfide) groups is 1. The van der Waals surface area contributed by atoms with Crippen LogP contribution < -0.4 is 10.1 Å². The minimum absolute atomic E-state index is 0.0893.